The molecule has 3 heterocycles. The molecule has 4 aromatic rings. The number of nitrogens with zero attached hydrogens (tertiary/aromatic N) is 3. The number of rotatable bonds is 3. The smallest absolute Gasteiger partial charge is 0.265 e. The molecule has 2 aromatic heterocycles. The van der Waals surface area contributed by atoms with Crippen molar-refractivity contribution in [2.75, 3.05) is 43.4 Å². The molecule has 1 aliphatic rings. The standard InChI is InChI=1S/C24H24N4OS/c1-16-7-8-19-17(13-16)14-18-15-22(30-24(18)26-19)23(29)25-20-5-3-4-6-21(20)28-11-9-27(2)10-12-28/h3-8,13-15H,9-12H2,1-2H3,(H,25,29). The van der Waals surface area contributed by atoms with E-state index in [4.69, 9.17) is 4.98 Å². The number of para-hydroxylation sites is 2. The minimum Gasteiger partial charge on any atom is -0.367 e. The molecule has 1 saturated heterocycles. The largest absolute Gasteiger partial charge is 0.367 e. The number of benzene rings is 2. The van der Waals surface area contributed by atoms with Gasteiger partial charge < -0.3 is 15.1 Å². The van der Waals surface area contributed by atoms with Crippen LogP contribution in [0.4, 0.5) is 11.4 Å². The van der Waals surface area contributed by atoms with E-state index in [1.165, 1.54) is 16.9 Å². The summed E-state index contributed by atoms with van der Waals surface area (Å²) < 4.78 is 0. The van der Waals surface area contributed by atoms with Gasteiger partial charge in [0.2, 0.25) is 0 Å². The molecular weight excluding hydrogens is 392 g/mol. The first-order valence-electron chi connectivity index (χ1n) is 10.2. The quantitative estimate of drug-likeness (QED) is 0.523. The Morgan fingerprint density at radius 2 is 1.80 bits per heavy atom. The molecular formula is C24H24N4OS. The highest BCUT2D eigenvalue weighted by Crippen LogP contribution is 2.31. The molecule has 1 aliphatic heterocycles. The van der Waals surface area contributed by atoms with E-state index >= 15 is 0 Å². The number of amides is 1. The van der Waals surface area contributed by atoms with Crippen molar-refractivity contribution >= 4 is 49.7 Å². The minimum absolute atomic E-state index is 0.0835. The van der Waals surface area contributed by atoms with Gasteiger partial charge in [-0.05, 0) is 50.4 Å². The van der Waals surface area contributed by atoms with Crippen LogP contribution >= 0.6 is 11.3 Å². The van der Waals surface area contributed by atoms with Crippen molar-refractivity contribution in [3.63, 3.8) is 0 Å². The Morgan fingerprint density at radius 1 is 1.00 bits per heavy atom. The Bertz CT molecular complexity index is 1240. The van der Waals surface area contributed by atoms with E-state index in [0.29, 0.717) is 4.88 Å². The highest BCUT2D eigenvalue weighted by molar-refractivity contribution is 7.20. The molecule has 0 atom stereocenters. The average Bonchev–Trinajstić information content (AvgIpc) is 3.16. The number of aromatic nitrogens is 1. The summed E-state index contributed by atoms with van der Waals surface area (Å²) in [5, 5.41) is 5.25. The molecule has 0 aliphatic carbocycles. The monoisotopic (exact) mass is 416 g/mol. The Kier molecular flexibility index (Phi) is 4.89. The summed E-state index contributed by atoms with van der Waals surface area (Å²) in [6, 6.07) is 18.4. The number of pyridine rings is 1. The predicted molar refractivity (Wildman–Crippen MR) is 126 cm³/mol. The van der Waals surface area contributed by atoms with Crippen LogP contribution in [-0.2, 0) is 0 Å². The molecule has 0 spiro atoms. The van der Waals surface area contributed by atoms with Gasteiger partial charge in [-0.1, -0.05) is 23.8 Å². The first kappa shape index (κ1) is 19.0. The maximum absolute atomic E-state index is 13.1. The highest BCUT2D eigenvalue weighted by atomic mass is 32.1. The Labute approximate surface area is 179 Å². The molecule has 1 amide bonds. The van der Waals surface area contributed by atoms with Gasteiger partial charge in [0.05, 0.1) is 21.8 Å². The Morgan fingerprint density at radius 3 is 2.63 bits per heavy atom. The Balaban J connectivity index is 1.43. The number of carbonyl (C=O) groups is 1. The topological polar surface area (TPSA) is 48.5 Å². The van der Waals surface area contributed by atoms with Crippen molar-refractivity contribution < 1.29 is 4.79 Å². The van der Waals surface area contributed by atoms with Crippen LogP contribution in [0.5, 0.6) is 0 Å². The predicted octanol–water partition coefficient (Wildman–Crippen LogP) is 4.76. The number of nitrogens with one attached hydrogen (secondary N) is 1. The van der Waals surface area contributed by atoms with Crippen molar-refractivity contribution in [3.8, 4) is 0 Å². The van der Waals surface area contributed by atoms with Crippen LogP contribution in [0.2, 0.25) is 0 Å². The summed E-state index contributed by atoms with van der Waals surface area (Å²) >= 11 is 1.44. The molecule has 152 valence electrons. The first-order chi connectivity index (χ1) is 14.6. The number of carbonyl (C=O) groups excluding carboxylic acids is 1. The Hall–Kier alpha value is -2.96. The summed E-state index contributed by atoms with van der Waals surface area (Å²) in [7, 11) is 2.14. The maximum Gasteiger partial charge on any atom is 0.265 e. The number of hydrogen-bond acceptors (Lipinski definition) is 5. The molecule has 5 nitrogen and oxygen atoms in total. The van der Waals surface area contributed by atoms with E-state index in [1.54, 1.807) is 0 Å². The fourth-order valence-corrected chi connectivity index (χ4v) is 4.87. The van der Waals surface area contributed by atoms with Crippen LogP contribution < -0.4 is 10.2 Å². The van der Waals surface area contributed by atoms with Crippen molar-refractivity contribution in [2.24, 2.45) is 0 Å². The zero-order valence-corrected chi connectivity index (χ0v) is 18.0. The van der Waals surface area contributed by atoms with Crippen LogP contribution in [0, 0.1) is 6.92 Å². The van der Waals surface area contributed by atoms with Crippen LogP contribution in [0.1, 0.15) is 15.2 Å². The van der Waals surface area contributed by atoms with E-state index in [1.807, 2.05) is 30.3 Å². The third kappa shape index (κ3) is 3.64. The number of piperazine rings is 1. The molecule has 0 saturated carbocycles. The van der Waals surface area contributed by atoms with Crippen molar-refractivity contribution in [1.82, 2.24) is 9.88 Å². The van der Waals surface area contributed by atoms with Crippen molar-refractivity contribution in [2.45, 2.75) is 6.92 Å². The van der Waals surface area contributed by atoms with E-state index in [-0.39, 0.29) is 5.91 Å². The number of hydrogen-bond donors (Lipinski definition) is 1. The van der Waals surface area contributed by atoms with Gasteiger partial charge in [-0.25, -0.2) is 4.98 Å². The van der Waals surface area contributed by atoms with Gasteiger partial charge in [0, 0.05) is 37.0 Å². The van der Waals surface area contributed by atoms with E-state index in [9.17, 15) is 4.79 Å². The second kappa shape index (κ2) is 7.70. The van der Waals surface area contributed by atoms with Gasteiger partial charge in [-0.2, -0.15) is 0 Å². The number of likely N-dealkylation sites (N-methyl/N-ethyl adjacent to an activating group) is 1. The molecule has 1 fully saturated rings. The zero-order valence-electron chi connectivity index (χ0n) is 17.2. The SMILES string of the molecule is Cc1ccc2nc3sc(C(=O)Nc4ccccc4N4CCN(C)CC4)cc3cc2c1. The molecule has 0 bridgehead atoms. The normalized spacial score (nSPS) is 15.1. The average molecular weight is 417 g/mol. The van der Waals surface area contributed by atoms with Gasteiger partial charge in [-0.3, -0.25) is 4.79 Å². The summed E-state index contributed by atoms with van der Waals surface area (Å²) in [4.78, 5) is 24.1. The molecule has 0 unspecified atom stereocenters. The molecule has 6 heteroatoms. The lowest BCUT2D eigenvalue weighted by Crippen LogP contribution is -2.44. The highest BCUT2D eigenvalue weighted by Gasteiger charge is 2.19. The zero-order chi connectivity index (χ0) is 20.7. The lowest BCUT2D eigenvalue weighted by atomic mass is 10.1. The molecule has 5 rings (SSSR count). The minimum atomic E-state index is -0.0835. The first-order valence-corrected chi connectivity index (χ1v) is 11.0. The van der Waals surface area contributed by atoms with E-state index in [0.717, 1.165) is 58.7 Å². The molecule has 1 N–H and O–H groups in total. The second-order valence-corrected chi connectivity index (χ2v) is 8.98. The van der Waals surface area contributed by atoms with Crippen molar-refractivity contribution in [3.05, 3.63) is 65.0 Å². The fourth-order valence-electron chi connectivity index (χ4n) is 3.95. The molecule has 2 aromatic carbocycles. The summed E-state index contributed by atoms with van der Waals surface area (Å²) in [5.74, 6) is -0.0835. The number of thiophene rings is 1. The lowest BCUT2D eigenvalue weighted by Gasteiger charge is -2.35. The summed E-state index contributed by atoms with van der Waals surface area (Å²) in [5.41, 5.74) is 4.11. The summed E-state index contributed by atoms with van der Waals surface area (Å²) in [6.45, 7) is 6.05. The molecule has 0 radical (unpaired) electrons. The lowest BCUT2D eigenvalue weighted by molar-refractivity contribution is 0.103. The second-order valence-electron chi connectivity index (χ2n) is 7.95. The van der Waals surface area contributed by atoms with Gasteiger partial charge in [0.1, 0.15) is 4.83 Å². The third-order valence-corrected chi connectivity index (χ3v) is 6.72. The van der Waals surface area contributed by atoms with E-state index in [2.05, 4.69) is 53.4 Å². The van der Waals surface area contributed by atoms with Crippen LogP contribution in [-0.4, -0.2) is 49.0 Å². The summed E-state index contributed by atoms with van der Waals surface area (Å²) in [6.07, 6.45) is 0. The van der Waals surface area contributed by atoms with Crippen LogP contribution in [0.25, 0.3) is 21.1 Å². The number of aryl methyl sites for hydroxylation is 1. The molecule has 30 heavy (non-hydrogen) atoms. The third-order valence-electron chi connectivity index (χ3n) is 5.68. The van der Waals surface area contributed by atoms with Gasteiger partial charge in [0.15, 0.2) is 0 Å². The van der Waals surface area contributed by atoms with Crippen LogP contribution in [0.3, 0.4) is 0 Å². The van der Waals surface area contributed by atoms with Crippen molar-refractivity contribution in [1.29, 1.82) is 0 Å². The fraction of sp³-hybridized carbons (Fsp3) is 0.250. The van der Waals surface area contributed by atoms with E-state index < -0.39 is 0 Å². The van der Waals surface area contributed by atoms with Gasteiger partial charge >= 0.3 is 0 Å². The van der Waals surface area contributed by atoms with Gasteiger partial charge in [-0.15, -0.1) is 11.3 Å². The maximum atomic E-state index is 13.1. The van der Waals surface area contributed by atoms with Crippen LogP contribution in [0.15, 0.2) is 54.6 Å². The van der Waals surface area contributed by atoms with Gasteiger partial charge in [0.25, 0.3) is 5.91 Å². The number of anilines is 2. The number of fused-ring (bicyclic) bond motifs is 2.